The number of rotatable bonds is 2. The van der Waals surface area contributed by atoms with Gasteiger partial charge >= 0.3 is 0 Å². The van der Waals surface area contributed by atoms with Crippen LogP contribution in [0.15, 0.2) is 0 Å². The topological polar surface area (TPSA) is 15.3 Å². The first-order chi connectivity index (χ1) is 6.29. The monoisotopic (exact) mass is 200 g/mol. The van der Waals surface area contributed by atoms with E-state index >= 15 is 0 Å². The Kier molecular flexibility index (Phi) is 3.17. The van der Waals surface area contributed by atoms with E-state index in [4.69, 9.17) is 0 Å². The number of thioether (sulfide) groups is 1. The van der Waals surface area contributed by atoms with Crippen molar-refractivity contribution < 1.29 is 0 Å². The van der Waals surface area contributed by atoms with Crippen LogP contribution in [0, 0.1) is 0 Å². The lowest BCUT2D eigenvalue weighted by molar-refractivity contribution is 0.119. The number of nitrogens with one attached hydrogen (secondary N) is 1. The van der Waals surface area contributed by atoms with Crippen molar-refractivity contribution in [2.24, 2.45) is 0 Å². The minimum atomic E-state index is 0.811. The summed E-state index contributed by atoms with van der Waals surface area (Å²) in [5.41, 5.74) is 0. The summed E-state index contributed by atoms with van der Waals surface area (Å²) < 4.78 is 0. The first-order valence-corrected chi connectivity index (χ1v) is 6.38. The van der Waals surface area contributed by atoms with Gasteiger partial charge in [-0.05, 0) is 25.6 Å². The molecule has 76 valence electrons. The van der Waals surface area contributed by atoms with E-state index in [2.05, 4.69) is 35.9 Å². The standard InChI is InChI=1S/C10H20N2S/c1-8-10(4-3-5-13-8)12(2)9-6-11-7-9/h8-11H,3-7H2,1-2H3. The molecule has 0 aromatic rings. The molecule has 2 fully saturated rings. The largest absolute Gasteiger partial charge is 0.314 e. The molecule has 0 aromatic heterocycles. The smallest absolute Gasteiger partial charge is 0.0345 e. The van der Waals surface area contributed by atoms with E-state index < -0.39 is 0 Å². The Morgan fingerprint density at radius 2 is 2.15 bits per heavy atom. The van der Waals surface area contributed by atoms with Crippen LogP contribution >= 0.6 is 11.8 Å². The van der Waals surface area contributed by atoms with Crippen LogP contribution in [0.3, 0.4) is 0 Å². The minimum Gasteiger partial charge on any atom is -0.314 e. The van der Waals surface area contributed by atoms with Crippen LogP contribution in [-0.4, -0.2) is 48.1 Å². The third-order valence-corrected chi connectivity index (χ3v) is 4.79. The second-order valence-electron chi connectivity index (χ2n) is 4.26. The van der Waals surface area contributed by atoms with Crippen LogP contribution in [-0.2, 0) is 0 Å². The second-order valence-corrected chi connectivity index (χ2v) is 5.75. The minimum absolute atomic E-state index is 0.811. The van der Waals surface area contributed by atoms with Gasteiger partial charge in [-0.2, -0.15) is 11.8 Å². The summed E-state index contributed by atoms with van der Waals surface area (Å²) in [5.74, 6) is 1.37. The Bertz CT molecular complexity index is 170. The highest BCUT2D eigenvalue weighted by Gasteiger charge is 2.31. The van der Waals surface area contributed by atoms with Gasteiger partial charge in [0.1, 0.15) is 0 Å². The van der Waals surface area contributed by atoms with Gasteiger partial charge in [0.2, 0.25) is 0 Å². The first kappa shape index (κ1) is 9.81. The number of nitrogens with zero attached hydrogens (tertiary/aromatic N) is 1. The lowest BCUT2D eigenvalue weighted by atomic mass is 10.0. The van der Waals surface area contributed by atoms with Gasteiger partial charge in [0.05, 0.1) is 0 Å². The third kappa shape index (κ3) is 2.03. The van der Waals surface area contributed by atoms with E-state index in [0.29, 0.717) is 0 Å². The lowest BCUT2D eigenvalue weighted by Gasteiger charge is -2.44. The molecule has 13 heavy (non-hydrogen) atoms. The molecule has 1 N–H and O–H groups in total. The molecule has 2 heterocycles. The van der Waals surface area contributed by atoms with E-state index in [1.807, 2.05) is 0 Å². The summed E-state index contributed by atoms with van der Waals surface area (Å²) >= 11 is 2.14. The highest BCUT2D eigenvalue weighted by atomic mass is 32.2. The van der Waals surface area contributed by atoms with Crippen molar-refractivity contribution in [3.63, 3.8) is 0 Å². The summed E-state index contributed by atoms with van der Waals surface area (Å²) in [6.45, 7) is 4.78. The van der Waals surface area contributed by atoms with Crippen LogP contribution in [0.4, 0.5) is 0 Å². The molecule has 2 nitrogen and oxygen atoms in total. The van der Waals surface area contributed by atoms with E-state index in [1.165, 1.54) is 31.7 Å². The van der Waals surface area contributed by atoms with Crippen molar-refractivity contribution in [2.75, 3.05) is 25.9 Å². The van der Waals surface area contributed by atoms with Gasteiger partial charge in [-0.3, -0.25) is 4.90 Å². The summed E-state index contributed by atoms with van der Waals surface area (Å²) in [7, 11) is 2.30. The van der Waals surface area contributed by atoms with Crippen molar-refractivity contribution in [3.8, 4) is 0 Å². The fraction of sp³-hybridized carbons (Fsp3) is 1.00. The van der Waals surface area contributed by atoms with Crippen molar-refractivity contribution in [2.45, 2.75) is 37.1 Å². The van der Waals surface area contributed by atoms with E-state index in [9.17, 15) is 0 Å². The molecule has 0 aromatic carbocycles. The van der Waals surface area contributed by atoms with Gasteiger partial charge in [0.15, 0.2) is 0 Å². The molecule has 0 saturated carbocycles. The molecule has 0 bridgehead atoms. The average Bonchev–Trinajstić information content (AvgIpc) is 2.01. The number of likely N-dealkylation sites (N-methyl/N-ethyl adjacent to an activating group) is 1. The van der Waals surface area contributed by atoms with Crippen LogP contribution in [0.2, 0.25) is 0 Å². The van der Waals surface area contributed by atoms with Crippen LogP contribution < -0.4 is 5.32 Å². The van der Waals surface area contributed by atoms with E-state index in [-0.39, 0.29) is 0 Å². The molecule has 2 aliphatic heterocycles. The van der Waals surface area contributed by atoms with Crippen molar-refractivity contribution >= 4 is 11.8 Å². The number of hydrogen-bond donors (Lipinski definition) is 1. The first-order valence-electron chi connectivity index (χ1n) is 5.33. The molecule has 2 saturated heterocycles. The maximum Gasteiger partial charge on any atom is 0.0345 e. The normalized spacial score (nSPS) is 36.2. The van der Waals surface area contributed by atoms with Gasteiger partial charge in [-0.25, -0.2) is 0 Å². The fourth-order valence-corrected chi connectivity index (χ4v) is 3.53. The Hall–Kier alpha value is 0.270. The summed E-state index contributed by atoms with van der Waals surface area (Å²) in [6, 6.07) is 1.64. The van der Waals surface area contributed by atoms with Crippen LogP contribution in [0.1, 0.15) is 19.8 Å². The van der Waals surface area contributed by atoms with Crippen molar-refractivity contribution in [1.82, 2.24) is 10.2 Å². The number of hydrogen-bond acceptors (Lipinski definition) is 3. The van der Waals surface area contributed by atoms with Gasteiger partial charge in [0, 0.05) is 30.4 Å². The van der Waals surface area contributed by atoms with E-state index in [0.717, 1.165) is 17.3 Å². The lowest BCUT2D eigenvalue weighted by Crippen LogP contribution is -2.60. The highest BCUT2D eigenvalue weighted by Crippen LogP contribution is 2.29. The zero-order chi connectivity index (χ0) is 9.26. The van der Waals surface area contributed by atoms with E-state index in [1.54, 1.807) is 0 Å². The zero-order valence-electron chi connectivity index (χ0n) is 8.62. The predicted molar refractivity (Wildman–Crippen MR) is 59.4 cm³/mol. The molecule has 3 heteroatoms. The molecule has 2 unspecified atom stereocenters. The van der Waals surface area contributed by atoms with Crippen molar-refractivity contribution in [3.05, 3.63) is 0 Å². The molecular formula is C10H20N2S. The fourth-order valence-electron chi connectivity index (χ4n) is 2.27. The Labute approximate surface area is 85.4 Å². The summed E-state index contributed by atoms with van der Waals surface area (Å²) in [5, 5.41) is 4.18. The molecule has 0 aliphatic carbocycles. The average molecular weight is 200 g/mol. The Balaban J connectivity index is 1.88. The third-order valence-electron chi connectivity index (χ3n) is 3.43. The van der Waals surface area contributed by atoms with Gasteiger partial charge < -0.3 is 5.32 Å². The molecule has 0 amide bonds. The predicted octanol–water partition coefficient (Wildman–Crippen LogP) is 1.17. The SMILES string of the molecule is CC1SCCCC1N(C)C1CNC1. The molecule has 2 rings (SSSR count). The van der Waals surface area contributed by atoms with Gasteiger partial charge in [-0.1, -0.05) is 6.92 Å². The molecule has 2 atom stereocenters. The molecule has 0 radical (unpaired) electrons. The highest BCUT2D eigenvalue weighted by molar-refractivity contribution is 7.99. The van der Waals surface area contributed by atoms with Crippen LogP contribution in [0.5, 0.6) is 0 Å². The Morgan fingerprint density at radius 1 is 1.38 bits per heavy atom. The maximum absolute atomic E-state index is 3.35. The molecule has 2 aliphatic rings. The molecular weight excluding hydrogens is 180 g/mol. The van der Waals surface area contributed by atoms with Gasteiger partial charge in [-0.15, -0.1) is 0 Å². The maximum atomic E-state index is 3.35. The summed E-state index contributed by atoms with van der Waals surface area (Å²) in [6.07, 6.45) is 2.81. The summed E-state index contributed by atoms with van der Waals surface area (Å²) in [4.78, 5) is 2.60. The molecule has 0 spiro atoms. The van der Waals surface area contributed by atoms with Crippen molar-refractivity contribution in [1.29, 1.82) is 0 Å². The Morgan fingerprint density at radius 3 is 2.69 bits per heavy atom. The second kappa shape index (κ2) is 4.20. The quantitative estimate of drug-likeness (QED) is 0.720. The van der Waals surface area contributed by atoms with Crippen LogP contribution in [0.25, 0.3) is 0 Å². The van der Waals surface area contributed by atoms with Gasteiger partial charge in [0.25, 0.3) is 0 Å². The zero-order valence-corrected chi connectivity index (χ0v) is 9.44.